The van der Waals surface area contributed by atoms with Crippen molar-refractivity contribution in [3.63, 3.8) is 0 Å². The van der Waals surface area contributed by atoms with Gasteiger partial charge in [0.1, 0.15) is 25.0 Å². The first-order chi connectivity index (χ1) is 25.1. The second kappa shape index (κ2) is 15.3. The lowest BCUT2D eigenvalue weighted by atomic mass is 9.94. The molecule has 0 radical (unpaired) electrons. The molecule has 3 atom stereocenters. The molecule has 9 nitrogen and oxygen atoms in total. The van der Waals surface area contributed by atoms with Gasteiger partial charge in [0.25, 0.3) is 0 Å². The summed E-state index contributed by atoms with van der Waals surface area (Å²) in [5.74, 6) is 0.499. The van der Waals surface area contributed by atoms with Crippen molar-refractivity contribution in [2.24, 2.45) is 0 Å². The number of pyridine rings is 1. The number of carboxylic acids is 1. The normalized spacial score (nSPS) is 16.8. The molecule has 0 bridgehead atoms. The summed E-state index contributed by atoms with van der Waals surface area (Å²) in [5.41, 5.74) is 8.79. The summed E-state index contributed by atoms with van der Waals surface area (Å²) < 4.78 is 18.4. The Bertz CT molecular complexity index is 2120. The topological polar surface area (TPSA) is 119 Å². The second-order valence-electron chi connectivity index (χ2n) is 13.1. The van der Waals surface area contributed by atoms with E-state index in [9.17, 15) is 14.7 Å². The number of aromatic nitrogens is 1. The Labute approximate surface area is 311 Å². The van der Waals surface area contributed by atoms with Crippen LogP contribution in [0.5, 0.6) is 17.2 Å². The molecule has 0 spiro atoms. The van der Waals surface area contributed by atoms with Gasteiger partial charge >= 0.3 is 5.97 Å². The number of aryl methyl sites for hydroxylation is 1. The highest BCUT2D eigenvalue weighted by atomic mass is 35.5. The Morgan fingerprint density at radius 3 is 2.44 bits per heavy atom. The van der Waals surface area contributed by atoms with Crippen molar-refractivity contribution in [3.8, 4) is 28.4 Å². The van der Waals surface area contributed by atoms with Gasteiger partial charge in [-0.2, -0.15) is 0 Å². The molecule has 2 aliphatic heterocycles. The van der Waals surface area contributed by atoms with Gasteiger partial charge in [-0.05, 0) is 107 Å². The van der Waals surface area contributed by atoms with E-state index >= 15 is 0 Å². The number of amides is 1. The molecule has 0 fully saturated rings. The summed E-state index contributed by atoms with van der Waals surface area (Å²) in [7, 11) is 0. The van der Waals surface area contributed by atoms with Crippen LogP contribution in [-0.2, 0) is 35.6 Å². The molecule has 0 unspecified atom stereocenters. The number of carboxylic acid groups (broad SMARTS) is 1. The summed E-state index contributed by atoms with van der Waals surface area (Å²) >= 11 is 12.1. The third kappa shape index (κ3) is 7.87. The molecule has 0 aliphatic carbocycles. The number of halogens is 2. The van der Waals surface area contributed by atoms with Gasteiger partial charge in [-0.15, -0.1) is 0 Å². The number of fused-ring (bicyclic) bond motifs is 2. The van der Waals surface area contributed by atoms with Gasteiger partial charge in [-0.3, -0.25) is 9.78 Å². The Hall–Kier alpha value is -5.09. The highest BCUT2D eigenvalue weighted by Crippen LogP contribution is 2.40. The Kier molecular flexibility index (Phi) is 10.4. The van der Waals surface area contributed by atoms with E-state index in [1.54, 1.807) is 18.3 Å². The van der Waals surface area contributed by atoms with Gasteiger partial charge in [0.05, 0.1) is 16.1 Å². The van der Waals surface area contributed by atoms with Gasteiger partial charge in [0.15, 0.2) is 17.6 Å². The monoisotopic (exact) mass is 737 g/mol. The molecule has 0 saturated carbocycles. The standard InChI is InChI=1S/C41H37Cl2N3O6/c1-23-24(2)44-14-13-32(23)27-6-3-25(4-7-27)16-36(41(48)49)46-40(47)35-17-29-18-37-38(19-30(29)20-45-35)52-39(22-51-37)28-8-10-31(11-9-28)50-21-26-5-12-33(42)34(43)15-26/h3-15,18-19,35-36,39,45H,16-17,20-22H2,1-2H3,(H,46,47)(H,48,49)/t35-,36-,39+/m0/s1. The van der Waals surface area contributed by atoms with E-state index < -0.39 is 18.1 Å². The molecule has 1 aromatic heterocycles. The van der Waals surface area contributed by atoms with Crippen LogP contribution in [0.2, 0.25) is 10.0 Å². The summed E-state index contributed by atoms with van der Waals surface area (Å²) in [5, 5.41) is 17.0. The van der Waals surface area contributed by atoms with E-state index in [0.717, 1.165) is 50.2 Å². The van der Waals surface area contributed by atoms with Crippen LogP contribution >= 0.6 is 23.2 Å². The number of hydrogen-bond acceptors (Lipinski definition) is 7. The fourth-order valence-electron chi connectivity index (χ4n) is 6.49. The molecule has 7 rings (SSSR count). The zero-order valence-electron chi connectivity index (χ0n) is 28.6. The number of nitrogens with one attached hydrogen (secondary N) is 2. The van der Waals surface area contributed by atoms with Crippen LogP contribution in [0.25, 0.3) is 11.1 Å². The third-order valence-corrected chi connectivity index (χ3v) is 10.4. The van der Waals surface area contributed by atoms with Crippen molar-refractivity contribution in [3.05, 3.63) is 140 Å². The van der Waals surface area contributed by atoms with Crippen LogP contribution in [0.4, 0.5) is 0 Å². The number of benzene rings is 4. The predicted octanol–water partition coefficient (Wildman–Crippen LogP) is 7.59. The second-order valence-corrected chi connectivity index (χ2v) is 13.9. The Balaban J connectivity index is 0.946. The Morgan fingerprint density at radius 2 is 1.69 bits per heavy atom. The fraction of sp³-hybridized carbons (Fsp3) is 0.244. The zero-order valence-corrected chi connectivity index (χ0v) is 30.1. The van der Waals surface area contributed by atoms with Gasteiger partial charge in [-0.1, -0.05) is 65.7 Å². The summed E-state index contributed by atoms with van der Waals surface area (Å²) in [4.78, 5) is 29.9. The SMILES string of the molecule is Cc1nccc(-c2ccc(C[C@H](NC(=O)[C@@H]3Cc4cc5c(cc4CN3)O[C@@H](c3ccc(OCc4ccc(Cl)c(Cl)c4)cc3)CO5)C(=O)O)cc2)c1C. The number of nitrogens with zero attached hydrogens (tertiary/aromatic N) is 1. The molecule has 4 aromatic carbocycles. The minimum atomic E-state index is -1.09. The van der Waals surface area contributed by atoms with Crippen molar-refractivity contribution in [2.75, 3.05) is 6.61 Å². The predicted molar refractivity (Wildman–Crippen MR) is 199 cm³/mol. The van der Waals surface area contributed by atoms with Crippen LogP contribution in [-0.4, -0.2) is 40.7 Å². The van der Waals surface area contributed by atoms with Crippen molar-refractivity contribution in [1.29, 1.82) is 0 Å². The highest BCUT2D eigenvalue weighted by Gasteiger charge is 2.31. The molecule has 1 amide bonds. The zero-order chi connectivity index (χ0) is 36.4. The maximum absolute atomic E-state index is 13.4. The van der Waals surface area contributed by atoms with Crippen LogP contribution in [0.3, 0.4) is 0 Å². The molecule has 2 aliphatic rings. The molecule has 5 aromatic rings. The van der Waals surface area contributed by atoms with Gasteiger partial charge < -0.3 is 30.0 Å². The minimum Gasteiger partial charge on any atom is -0.489 e. The minimum absolute atomic E-state index is 0.160. The van der Waals surface area contributed by atoms with Crippen molar-refractivity contribution in [2.45, 2.75) is 58.0 Å². The molecule has 3 heterocycles. The van der Waals surface area contributed by atoms with E-state index in [-0.39, 0.29) is 18.4 Å². The molecule has 52 heavy (non-hydrogen) atoms. The lowest BCUT2D eigenvalue weighted by molar-refractivity contribution is -0.142. The lowest BCUT2D eigenvalue weighted by Crippen LogP contribution is -2.52. The van der Waals surface area contributed by atoms with Crippen LogP contribution in [0.15, 0.2) is 91.1 Å². The molecule has 3 N–H and O–H groups in total. The maximum Gasteiger partial charge on any atom is 0.326 e. The van der Waals surface area contributed by atoms with E-state index in [4.69, 9.17) is 37.4 Å². The number of ether oxygens (including phenoxy) is 3. The molecular formula is C41H37Cl2N3O6. The number of carbonyl (C=O) groups excluding carboxylic acids is 1. The average molecular weight is 739 g/mol. The van der Waals surface area contributed by atoms with E-state index in [1.807, 2.05) is 86.6 Å². The lowest BCUT2D eigenvalue weighted by Gasteiger charge is -2.31. The number of rotatable bonds is 10. The number of aliphatic carboxylic acids is 1. The van der Waals surface area contributed by atoms with E-state index in [0.29, 0.717) is 53.5 Å². The van der Waals surface area contributed by atoms with Gasteiger partial charge in [0, 0.05) is 24.9 Å². The average Bonchev–Trinajstić information content (AvgIpc) is 3.15. The fourth-order valence-corrected chi connectivity index (χ4v) is 6.81. The van der Waals surface area contributed by atoms with Crippen LogP contribution < -0.4 is 24.8 Å². The smallest absolute Gasteiger partial charge is 0.326 e. The Morgan fingerprint density at radius 1 is 0.942 bits per heavy atom. The number of carbonyl (C=O) groups is 2. The van der Waals surface area contributed by atoms with E-state index in [2.05, 4.69) is 15.6 Å². The van der Waals surface area contributed by atoms with Crippen molar-refractivity contribution in [1.82, 2.24) is 15.6 Å². The number of hydrogen-bond donors (Lipinski definition) is 3. The van der Waals surface area contributed by atoms with Gasteiger partial charge in [0.2, 0.25) is 5.91 Å². The summed E-state index contributed by atoms with van der Waals surface area (Å²) in [6.07, 6.45) is 2.02. The molecule has 266 valence electrons. The summed E-state index contributed by atoms with van der Waals surface area (Å²) in [6, 6.07) is 25.0. The quantitative estimate of drug-likeness (QED) is 0.134. The maximum atomic E-state index is 13.4. The van der Waals surface area contributed by atoms with Crippen LogP contribution in [0.1, 0.15) is 45.2 Å². The van der Waals surface area contributed by atoms with Crippen molar-refractivity contribution >= 4 is 35.1 Å². The van der Waals surface area contributed by atoms with E-state index in [1.165, 1.54) is 0 Å². The van der Waals surface area contributed by atoms with Crippen LogP contribution in [0, 0.1) is 13.8 Å². The first kappa shape index (κ1) is 35.3. The summed E-state index contributed by atoms with van der Waals surface area (Å²) in [6.45, 7) is 5.11. The first-order valence-electron chi connectivity index (χ1n) is 17.0. The largest absolute Gasteiger partial charge is 0.489 e. The molecular weight excluding hydrogens is 701 g/mol. The molecule has 0 saturated heterocycles. The third-order valence-electron chi connectivity index (χ3n) is 9.62. The van der Waals surface area contributed by atoms with Gasteiger partial charge in [-0.25, -0.2) is 4.79 Å². The van der Waals surface area contributed by atoms with Crippen molar-refractivity contribution < 1.29 is 28.9 Å². The first-order valence-corrected chi connectivity index (χ1v) is 17.8. The molecule has 11 heteroatoms. The highest BCUT2D eigenvalue weighted by molar-refractivity contribution is 6.42.